The average molecular weight is 435 g/mol. The molecule has 6 nitrogen and oxygen atoms in total. The highest BCUT2D eigenvalue weighted by atomic mass is 19.3. The van der Waals surface area contributed by atoms with E-state index in [9.17, 15) is 8.78 Å². The molecule has 2 aromatic rings. The Morgan fingerprint density at radius 3 is 2.42 bits per heavy atom. The highest BCUT2D eigenvalue weighted by Crippen LogP contribution is 2.22. The molecule has 0 radical (unpaired) electrons. The largest absolute Gasteiger partial charge is 0.494 e. The van der Waals surface area contributed by atoms with Gasteiger partial charge in [-0.05, 0) is 51.2 Å². The molecule has 0 aliphatic rings. The molecule has 31 heavy (non-hydrogen) atoms. The fourth-order valence-electron chi connectivity index (χ4n) is 2.92. The van der Waals surface area contributed by atoms with Crippen molar-refractivity contribution < 1.29 is 18.3 Å². The number of ether oxygens (including phenoxy) is 2. The second-order valence-electron chi connectivity index (χ2n) is 7.42. The number of hydrogen-bond acceptors (Lipinski definition) is 4. The fraction of sp³-hybridized carbons (Fsp3) is 0.435. The molecule has 0 heterocycles. The molecule has 170 valence electrons. The van der Waals surface area contributed by atoms with Gasteiger partial charge in [0.15, 0.2) is 5.96 Å². The van der Waals surface area contributed by atoms with Gasteiger partial charge in [0.1, 0.15) is 11.5 Å². The molecular weight excluding hydrogens is 402 g/mol. The molecule has 0 saturated carbocycles. The van der Waals surface area contributed by atoms with Crippen molar-refractivity contribution in [2.45, 2.75) is 33.0 Å². The van der Waals surface area contributed by atoms with Crippen LogP contribution in [0.5, 0.6) is 11.5 Å². The molecule has 0 bridgehead atoms. The standard InChI is InChI=1S/C23H32F2N4O2/c1-17-6-11-21(31-22(24)25)19(14-17)16-28-23(26-2)27-15-18-7-9-20(10-8-18)30-13-5-12-29(3)4/h6-11,14,22H,5,12-13,15-16H2,1-4H3,(H2,26,27,28). The summed E-state index contributed by atoms with van der Waals surface area (Å²) in [6.45, 7) is 1.59. The number of alkyl halides is 2. The van der Waals surface area contributed by atoms with E-state index in [2.05, 4.69) is 25.3 Å². The summed E-state index contributed by atoms with van der Waals surface area (Å²) in [5.74, 6) is 1.56. The van der Waals surface area contributed by atoms with Gasteiger partial charge in [0.2, 0.25) is 0 Å². The lowest BCUT2D eigenvalue weighted by atomic mass is 10.1. The van der Waals surface area contributed by atoms with E-state index in [1.54, 1.807) is 19.2 Å². The van der Waals surface area contributed by atoms with E-state index in [-0.39, 0.29) is 5.75 Å². The molecule has 2 rings (SSSR count). The number of nitrogens with zero attached hydrogens (tertiary/aromatic N) is 2. The number of aryl methyl sites for hydroxylation is 1. The van der Waals surface area contributed by atoms with Gasteiger partial charge in [0.25, 0.3) is 0 Å². The molecule has 0 aromatic heterocycles. The molecule has 0 fully saturated rings. The van der Waals surface area contributed by atoms with Gasteiger partial charge < -0.3 is 25.0 Å². The minimum Gasteiger partial charge on any atom is -0.494 e. The SMILES string of the molecule is CN=C(NCc1ccc(OCCCN(C)C)cc1)NCc1cc(C)ccc1OC(F)F. The predicted molar refractivity (Wildman–Crippen MR) is 120 cm³/mol. The van der Waals surface area contributed by atoms with Crippen LogP contribution in [0.15, 0.2) is 47.5 Å². The molecular formula is C23H32F2N4O2. The smallest absolute Gasteiger partial charge is 0.387 e. The van der Waals surface area contributed by atoms with Crippen LogP contribution in [0, 0.1) is 6.92 Å². The van der Waals surface area contributed by atoms with Crippen molar-refractivity contribution in [1.29, 1.82) is 0 Å². The summed E-state index contributed by atoms with van der Waals surface area (Å²) in [5.41, 5.74) is 2.67. The molecule has 0 saturated heterocycles. The van der Waals surface area contributed by atoms with Gasteiger partial charge in [-0.3, -0.25) is 4.99 Å². The summed E-state index contributed by atoms with van der Waals surface area (Å²) in [5, 5.41) is 6.36. The van der Waals surface area contributed by atoms with Gasteiger partial charge in [-0.1, -0.05) is 29.8 Å². The third-order valence-electron chi connectivity index (χ3n) is 4.50. The van der Waals surface area contributed by atoms with Crippen molar-refractivity contribution in [1.82, 2.24) is 15.5 Å². The van der Waals surface area contributed by atoms with Crippen LogP contribution in [0.3, 0.4) is 0 Å². The van der Waals surface area contributed by atoms with Crippen LogP contribution in [0.2, 0.25) is 0 Å². The van der Waals surface area contributed by atoms with E-state index in [4.69, 9.17) is 4.74 Å². The Hall–Kier alpha value is -2.87. The Balaban J connectivity index is 1.83. The van der Waals surface area contributed by atoms with Crippen LogP contribution < -0.4 is 20.1 Å². The van der Waals surface area contributed by atoms with E-state index in [1.807, 2.05) is 51.4 Å². The number of benzene rings is 2. The zero-order valence-electron chi connectivity index (χ0n) is 18.6. The van der Waals surface area contributed by atoms with Crippen LogP contribution in [0.1, 0.15) is 23.1 Å². The lowest BCUT2D eigenvalue weighted by Gasteiger charge is -2.15. The lowest BCUT2D eigenvalue weighted by molar-refractivity contribution is -0.0504. The van der Waals surface area contributed by atoms with E-state index < -0.39 is 6.61 Å². The molecule has 0 aliphatic heterocycles. The van der Waals surface area contributed by atoms with E-state index in [0.717, 1.165) is 29.8 Å². The Labute approximate surface area is 183 Å². The Bertz CT molecular complexity index is 827. The summed E-state index contributed by atoms with van der Waals surface area (Å²) in [7, 11) is 5.75. The number of rotatable bonds is 11. The summed E-state index contributed by atoms with van der Waals surface area (Å²) in [4.78, 5) is 6.32. The molecule has 0 aliphatic carbocycles. The number of hydrogen-bond donors (Lipinski definition) is 2. The van der Waals surface area contributed by atoms with Crippen molar-refractivity contribution in [3.63, 3.8) is 0 Å². The van der Waals surface area contributed by atoms with Crippen molar-refractivity contribution in [2.75, 3.05) is 34.3 Å². The quantitative estimate of drug-likeness (QED) is 0.320. The van der Waals surface area contributed by atoms with Crippen molar-refractivity contribution in [3.05, 3.63) is 59.2 Å². The Morgan fingerprint density at radius 2 is 1.77 bits per heavy atom. The first kappa shape index (κ1) is 24.4. The summed E-state index contributed by atoms with van der Waals surface area (Å²) >= 11 is 0. The minimum atomic E-state index is -2.86. The number of nitrogens with one attached hydrogen (secondary N) is 2. The van der Waals surface area contributed by atoms with Gasteiger partial charge in [-0.15, -0.1) is 0 Å². The lowest BCUT2D eigenvalue weighted by Crippen LogP contribution is -2.36. The van der Waals surface area contributed by atoms with E-state index >= 15 is 0 Å². The maximum Gasteiger partial charge on any atom is 0.387 e. The molecule has 0 amide bonds. The van der Waals surface area contributed by atoms with E-state index in [1.165, 1.54) is 0 Å². The number of aliphatic imine (C=N–C) groups is 1. The van der Waals surface area contributed by atoms with E-state index in [0.29, 0.717) is 31.2 Å². The molecule has 2 aromatic carbocycles. The van der Waals surface area contributed by atoms with Crippen LogP contribution >= 0.6 is 0 Å². The van der Waals surface area contributed by atoms with Crippen molar-refractivity contribution in [3.8, 4) is 11.5 Å². The minimum absolute atomic E-state index is 0.157. The zero-order chi connectivity index (χ0) is 22.6. The second-order valence-corrected chi connectivity index (χ2v) is 7.42. The summed E-state index contributed by atoms with van der Waals surface area (Å²) in [6, 6.07) is 13.0. The van der Waals surface area contributed by atoms with Crippen LogP contribution in [0.4, 0.5) is 8.78 Å². The highest BCUT2D eigenvalue weighted by molar-refractivity contribution is 5.79. The molecule has 0 atom stereocenters. The first-order chi connectivity index (χ1) is 14.9. The second kappa shape index (κ2) is 12.7. The molecule has 2 N–H and O–H groups in total. The maximum absolute atomic E-state index is 12.6. The molecule has 0 spiro atoms. The third kappa shape index (κ3) is 9.21. The first-order valence-electron chi connectivity index (χ1n) is 10.2. The van der Waals surface area contributed by atoms with Crippen LogP contribution in [-0.4, -0.2) is 51.8 Å². The average Bonchev–Trinajstić information content (AvgIpc) is 2.73. The van der Waals surface area contributed by atoms with Gasteiger partial charge in [-0.25, -0.2) is 0 Å². The van der Waals surface area contributed by atoms with Gasteiger partial charge in [-0.2, -0.15) is 8.78 Å². The van der Waals surface area contributed by atoms with Crippen molar-refractivity contribution in [2.24, 2.45) is 4.99 Å². The van der Waals surface area contributed by atoms with Gasteiger partial charge in [0.05, 0.1) is 6.61 Å². The number of guanidine groups is 1. The first-order valence-corrected chi connectivity index (χ1v) is 10.2. The van der Waals surface area contributed by atoms with Crippen LogP contribution in [0.25, 0.3) is 0 Å². The number of halogens is 2. The molecule has 8 heteroatoms. The predicted octanol–water partition coefficient (Wildman–Crippen LogP) is 3.79. The maximum atomic E-state index is 12.6. The Kier molecular flexibility index (Phi) is 10.0. The molecule has 0 unspecified atom stereocenters. The fourth-order valence-corrected chi connectivity index (χ4v) is 2.92. The zero-order valence-corrected chi connectivity index (χ0v) is 18.6. The van der Waals surface area contributed by atoms with Crippen molar-refractivity contribution >= 4 is 5.96 Å². The van der Waals surface area contributed by atoms with Gasteiger partial charge >= 0.3 is 6.61 Å². The highest BCUT2D eigenvalue weighted by Gasteiger charge is 2.10. The normalized spacial score (nSPS) is 11.7. The van der Waals surface area contributed by atoms with Crippen LogP contribution in [-0.2, 0) is 13.1 Å². The van der Waals surface area contributed by atoms with Gasteiger partial charge in [0, 0.05) is 32.2 Å². The summed E-state index contributed by atoms with van der Waals surface area (Å²) < 4.78 is 35.6. The third-order valence-corrected chi connectivity index (χ3v) is 4.50. The Morgan fingerprint density at radius 1 is 1.06 bits per heavy atom. The monoisotopic (exact) mass is 434 g/mol. The summed E-state index contributed by atoms with van der Waals surface area (Å²) in [6.07, 6.45) is 0.976. The topological polar surface area (TPSA) is 58.1 Å².